The van der Waals surface area contributed by atoms with Crippen molar-refractivity contribution in [2.24, 2.45) is 0 Å². The lowest BCUT2D eigenvalue weighted by molar-refractivity contribution is 0.211. The zero-order valence-electron chi connectivity index (χ0n) is 17.9. The molecule has 0 bridgehead atoms. The number of aromatic hydroxyl groups is 1. The number of aromatic nitrogens is 3. The van der Waals surface area contributed by atoms with Gasteiger partial charge in [0.25, 0.3) is 0 Å². The van der Waals surface area contributed by atoms with Crippen LogP contribution in [0.2, 0.25) is 0 Å². The summed E-state index contributed by atoms with van der Waals surface area (Å²) in [5.74, 6) is 1.27. The molecule has 1 aliphatic rings. The molecule has 1 aliphatic heterocycles. The van der Waals surface area contributed by atoms with E-state index >= 15 is 0 Å². The van der Waals surface area contributed by atoms with Crippen molar-refractivity contribution in [1.29, 1.82) is 0 Å². The van der Waals surface area contributed by atoms with Gasteiger partial charge in [0.15, 0.2) is 0 Å². The Labute approximate surface area is 189 Å². The van der Waals surface area contributed by atoms with E-state index in [1.165, 1.54) is 28.0 Å². The van der Waals surface area contributed by atoms with E-state index in [0.29, 0.717) is 10.8 Å². The second-order valence-electron chi connectivity index (χ2n) is 7.82. The van der Waals surface area contributed by atoms with Gasteiger partial charge in [0, 0.05) is 31.9 Å². The van der Waals surface area contributed by atoms with Crippen molar-refractivity contribution >= 4 is 22.0 Å². The van der Waals surface area contributed by atoms with Gasteiger partial charge >= 0.3 is 0 Å². The monoisotopic (exact) mass is 453 g/mol. The van der Waals surface area contributed by atoms with Crippen LogP contribution in [0, 0.1) is 12.7 Å². The van der Waals surface area contributed by atoms with Crippen molar-refractivity contribution in [2.45, 2.75) is 13.0 Å². The minimum Gasteiger partial charge on any atom is -0.497 e. The van der Waals surface area contributed by atoms with Crippen LogP contribution in [0.15, 0.2) is 48.5 Å². The van der Waals surface area contributed by atoms with E-state index in [1.807, 2.05) is 12.1 Å². The quantitative estimate of drug-likeness (QED) is 0.495. The third-order valence-electron chi connectivity index (χ3n) is 5.86. The number of thiazole rings is 1. The molecule has 0 saturated carbocycles. The summed E-state index contributed by atoms with van der Waals surface area (Å²) in [6.45, 7) is 5.06. The van der Waals surface area contributed by atoms with Crippen molar-refractivity contribution in [1.82, 2.24) is 19.5 Å². The molecular weight excluding hydrogens is 429 g/mol. The molecule has 2 aromatic carbocycles. The fourth-order valence-corrected chi connectivity index (χ4v) is 5.39. The lowest BCUT2D eigenvalue weighted by atomic mass is 10.0. The number of hydrogen-bond acceptors (Lipinski definition) is 7. The minimum atomic E-state index is -0.278. The molecule has 0 spiro atoms. The van der Waals surface area contributed by atoms with Gasteiger partial charge in [-0.1, -0.05) is 23.5 Å². The summed E-state index contributed by atoms with van der Waals surface area (Å²) in [7, 11) is 1.66. The van der Waals surface area contributed by atoms with E-state index in [9.17, 15) is 9.50 Å². The zero-order chi connectivity index (χ0) is 22.2. The molecule has 0 aliphatic carbocycles. The highest BCUT2D eigenvalue weighted by atomic mass is 32.1. The fourth-order valence-electron chi connectivity index (χ4n) is 4.23. The standard InChI is InChI=1S/C23H24FN5O2S/c1-15-25-23-29(26-15)22(30)21(32-23)20(16-3-5-17(24)6-4-16)28-13-11-27(12-14-28)18-7-9-19(31-2)10-8-18/h3-10,20,30H,11-14H2,1-2H3/t20-/m0/s1. The summed E-state index contributed by atoms with van der Waals surface area (Å²) < 4.78 is 20.4. The van der Waals surface area contributed by atoms with E-state index in [2.05, 4.69) is 32.0 Å². The molecule has 5 rings (SSSR count). The van der Waals surface area contributed by atoms with E-state index in [4.69, 9.17) is 4.74 Å². The van der Waals surface area contributed by atoms with Crippen LogP contribution in [0.3, 0.4) is 0 Å². The van der Waals surface area contributed by atoms with Gasteiger partial charge in [-0.15, -0.1) is 5.10 Å². The summed E-state index contributed by atoms with van der Waals surface area (Å²) in [4.78, 5) is 10.5. The first-order valence-electron chi connectivity index (χ1n) is 10.5. The molecule has 9 heteroatoms. The Bertz CT molecular complexity index is 1210. The molecule has 0 radical (unpaired) electrons. The number of fused-ring (bicyclic) bond motifs is 1. The second kappa shape index (κ2) is 8.40. The Kier molecular flexibility index (Phi) is 5.44. The van der Waals surface area contributed by atoms with Crippen LogP contribution in [-0.2, 0) is 0 Å². The normalized spacial score (nSPS) is 15.9. The minimum absolute atomic E-state index is 0.0949. The van der Waals surface area contributed by atoms with Crippen LogP contribution in [0.1, 0.15) is 22.3 Å². The van der Waals surface area contributed by atoms with Gasteiger partial charge in [0.1, 0.15) is 17.4 Å². The van der Waals surface area contributed by atoms with E-state index in [1.54, 1.807) is 26.2 Å². The number of hydrogen-bond donors (Lipinski definition) is 1. The smallest absolute Gasteiger partial charge is 0.230 e. The number of benzene rings is 2. The molecule has 0 amide bonds. The lowest BCUT2D eigenvalue weighted by Gasteiger charge is -2.40. The van der Waals surface area contributed by atoms with Gasteiger partial charge in [-0.3, -0.25) is 4.90 Å². The summed E-state index contributed by atoms with van der Waals surface area (Å²) >= 11 is 1.42. The Morgan fingerprint density at radius 3 is 2.34 bits per heavy atom. The summed E-state index contributed by atoms with van der Waals surface area (Å²) in [6, 6.07) is 14.4. The zero-order valence-corrected chi connectivity index (χ0v) is 18.7. The number of aryl methyl sites for hydroxylation is 1. The molecule has 1 fully saturated rings. The van der Waals surface area contributed by atoms with Crippen molar-refractivity contribution in [3.05, 3.63) is 70.6 Å². The SMILES string of the molecule is COc1ccc(N2CCN([C@@H](c3ccc(F)cc3)c3sc4nc(C)nn4c3O)CC2)cc1. The van der Waals surface area contributed by atoms with Gasteiger partial charge in [0.2, 0.25) is 10.8 Å². The predicted octanol–water partition coefficient (Wildman–Crippen LogP) is 3.86. The van der Waals surface area contributed by atoms with Crippen LogP contribution in [0.5, 0.6) is 11.6 Å². The Morgan fingerprint density at radius 1 is 1.03 bits per heavy atom. The molecule has 1 saturated heterocycles. The van der Waals surface area contributed by atoms with Gasteiger partial charge in [0.05, 0.1) is 18.0 Å². The molecular formula is C23H24FN5O2S. The fraction of sp³-hybridized carbons (Fsp3) is 0.304. The summed E-state index contributed by atoms with van der Waals surface area (Å²) in [5.41, 5.74) is 2.08. The average Bonchev–Trinajstić information content (AvgIpc) is 3.33. The Balaban J connectivity index is 1.44. The van der Waals surface area contributed by atoms with Crippen LogP contribution < -0.4 is 9.64 Å². The largest absolute Gasteiger partial charge is 0.497 e. The molecule has 4 aromatic rings. The van der Waals surface area contributed by atoms with Gasteiger partial charge in [-0.2, -0.15) is 4.52 Å². The maximum absolute atomic E-state index is 13.6. The molecule has 0 unspecified atom stereocenters. The summed E-state index contributed by atoms with van der Waals surface area (Å²) in [6.07, 6.45) is 0. The van der Waals surface area contributed by atoms with Crippen molar-refractivity contribution in [2.75, 3.05) is 38.2 Å². The lowest BCUT2D eigenvalue weighted by Crippen LogP contribution is -2.47. The highest BCUT2D eigenvalue weighted by molar-refractivity contribution is 7.17. The molecule has 2 aromatic heterocycles. The van der Waals surface area contributed by atoms with E-state index in [0.717, 1.165) is 48.1 Å². The van der Waals surface area contributed by atoms with E-state index in [-0.39, 0.29) is 17.7 Å². The van der Waals surface area contributed by atoms with Crippen molar-refractivity contribution in [3.8, 4) is 11.6 Å². The van der Waals surface area contributed by atoms with Crippen LogP contribution >= 0.6 is 11.3 Å². The molecule has 3 heterocycles. The van der Waals surface area contributed by atoms with Crippen molar-refractivity contribution in [3.63, 3.8) is 0 Å². The van der Waals surface area contributed by atoms with Gasteiger partial charge in [-0.05, 0) is 48.9 Å². The van der Waals surface area contributed by atoms with Crippen molar-refractivity contribution < 1.29 is 14.2 Å². The van der Waals surface area contributed by atoms with Gasteiger partial charge in [-0.25, -0.2) is 9.37 Å². The Hall–Kier alpha value is -3.17. The van der Waals surface area contributed by atoms with Crippen LogP contribution in [0.25, 0.3) is 4.96 Å². The first-order valence-corrected chi connectivity index (χ1v) is 11.3. The van der Waals surface area contributed by atoms with Crippen LogP contribution in [0.4, 0.5) is 10.1 Å². The first kappa shape index (κ1) is 20.7. The number of nitrogens with zero attached hydrogens (tertiary/aromatic N) is 5. The topological polar surface area (TPSA) is 66.1 Å². The highest BCUT2D eigenvalue weighted by Crippen LogP contribution is 2.40. The average molecular weight is 454 g/mol. The van der Waals surface area contributed by atoms with E-state index < -0.39 is 0 Å². The predicted molar refractivity (Wildman–Crippen MR) is 122 cm³/mol. The number of methoxy groups -OCH3 is 1. The third-order valence-corrected chi connectivity index (χ3v) is 6.93. The number of piperazine rings is 1. The molecule has 166 valence electrons. The number of rotatable bonds is 5. The molecule has 32 heavy (non-hydrogen) atoms. The van der Waals surface area contributed by atoms with Crippen LogP contribution in [-0.4, -0.2) is 57.9 Å². The maximum atomic E-state index is 13.6. The van der Waals surface area contributed by atoms with Gasteiger partial charge < -0.3 is 14.7 Å². The molecule has 7 nitrogen and oxygen atoms in total. The number of halogens is 1. The number of ether oxygens (including phenoxy) is 1. The molecule has 1 N–H and O–H groups in total. The number of anilines is 1. The first-order chi connectivity index (χ1) is 15.5. The third kappa shape index (κ3) is 3.78. The summed E-state index contributed by atoms with van der Waals surface area (Å²) in [5, 5.41) is 15.3. The second-order valence-corrected chi connectivity index (χ2v) is 8.83. The molecule has 1 atom stereocenters. The maximum Gasteiger partial charge on any atom is 0.230 e. The Morgan fingerprint density at radius 2 is 1.72 bits per heavy atom. The highest BCUT2D eigenvalue weighted by Gasteiger charge is 2.31.